The summed E-state index contributed by atoms with van der Waals surface area (Å²) in [4.78, 5) is 13.6. The summed E-state index contributed by atoms with van der Waals surface area (Å²) in [5, 5.41) is 2.92. The van der Waals surface area contributed by atoms with Gasteiger partial charge in [0.2, 0.25) is 5.91 Å². The zero-order valence-corrected chi connectivity index (χ0v) is 11.0. The molecule has 3 heteroatoms. The van der Waals surface area contributed by atoms with Crippen LogP contribution in [0.2, 0.25) is 0 Å². The van der Waals surface area contributed by atoms with Gasteiger partial charge in [-0.15, -0.1) is 0 Å². The molecule has 0 unspecified atom stereocenters. The van der Waals surface area contributed by atoms with Crippen LogP contribution in [-0.4, -0.2) is 38.0 Å². The summed E-state index contributed by atoms with van der Waals surface area (Å²) in [7, 11) is 4.00. The van der Waals surface area contributed by atoms with Gasteiger partial charge < -0.3 is 10.2 Å². The topological polar surface area (TPSA) is 32.3 Å². The van der Waals surface area contributed by atoms with Gasteiger partial charge in [-0.05, 0) is 38.6 Å². The second-order valence-corrected chi connectivity index (χ2v) is 4.58. The average Bonchev–Trinajstić information content (AvgIpc) is 2.27. The maximum atomic E-state index is 11.6. The number of rotatable bonds is 6. The van der Waals surface area contributed by atoms with Crippen molar-refractivity contribution in [2.45, 2.75) is 19.8 Å². The van der Waals surface area contributed by atoms with E-state index in [1.165, 1.54) is 11.1 Å². The maximum Gasteiger partial charge on any atom is 0.220 e. The van der Waals surface area contributed by atoms with Crippen LogP contribution < -0.4 is 5.32 Å². The fraction of sp³-hybridized carbons (Fsp3) is 0.500. The Bertz CT molecular complexity index is 361. The highest BCUT2D eigenvalue weighted by molar-refractivity contribution is 5.76. The fourth-order valence-corrected chi connectivity index (χ4v) is 1.65. The molecule has 0 saturated heterocycles. The van der Waals surface area contributed by atoms with Gasteiger partial charge in [-0.2, -0.15) is 0 Å². The minimum atomic E-state index is 0.134. The number of nitrogens with zero attached hydrogens (tertiary/aromatic N) is 1. The predicted molar refractivity (Wildman–Crippen MR) is 71.1 cm³/mol. The van der Waals surface area contributed by atoms with E-state index in [-0.39, 0.29) is 5.91 Å². The molecule has 0 aromatic heterocycles. The minimum absolute atomic E-state index is 0.134. The number of carbonyl (C=O) groups is 1. The highest BCUT2D eigenvalue weighted by Gasteiger charge is 2.03. The second-order valence-electron chi connectivity index (χ2n) is 4.58. The highest BCUT2D eigenvalue weighted by Crippen LogP contribution is 2.09. The molecule has 0 aliphatic carbocycles. The summed E-state index contributed by atoms with van der Waals surface area (Å²) in [6.07, 6.45) is 1.39. The van der Waals surface area contributed by atoms with Crippen molar-refractivity contribution in [2.24, 2.45) is 0 Å². The molecular formula is C14H22N2O. The van der Waals surface area contributed by atoms with Crippen LogP contribution in [0.25, 0.3) is 0 Å². The van der Waals surface area contributed by atoms with E-state index in [0.29, 0.717) is 6.42 Å². The van der Waals surface area contributed by atoms with Gasteiger partial charge in [0.25, 0.3) is 0 Å². The Morgan fingerprint density at radius 2 is 2.00 bits per heavy atom. The fourth-order valence-electron chi connectivity index (χ4n) is 1.65. The van der Waals surface area contributed by atoms with Gasteiger partial charge in [0.1, 0.15) is 0 Å². The number of nitrogens with one attached hydrogen (secondary N) is 1. The average molecular weight is 234 g/mol. The minimum Gasteiger partial charge on any atom is -0.355 e. The zero-order valence-electron chi connectivity index (χ0n) is 11.0. The Kier molecular flexibility index (Phi) is 5.70. The lowest BCUT2D eigenvalue weighted by molar-refractivity contribution is -0.121. The molecule has 3 nitrogen and oxygen atoms in total. The van der Waals surface area contributed by atoms with Crippen LogP contribution in [0.4, 0.5) is 0 Å². The molecule has 1 aromatic rings. The van der Waals surface area contributed by atoms with Crippen molar-refractivity contribution in [3.8, 4) is 0 Å². The number of aryl methyl sites for hydroxylation is 2. The Balaban J connectivity index is 2.26. The van der Waals surface area contributed by atoms with Crippen LogP contribution in [0.1, 0.15) is 17.5 Å². The van der Waals surface area contributed by atoms with E-state index in [9.17, 15) is 4.79 Å². The lowest BCUT2D eigenvalue weighted by Crippen LogP contribution is -2.31. The highest BCUT2D eigenvalue weighted by atomic mass is 16.1. The summed E-state index contributed by atoms with van der Waals surface area (Å²) in [5.74, 6) is 0.134. The zero-order chi connectivity index (χ0) is 12.7. The smallest absolute Gasteiger partial charge is 0.220 e. The third-order valence-electron chi connectivity index (χ3n) is 2.76. The molecule has 1 amide bonds. The number of hydrogen-bond acceptors (Lipinski definition) is 2. The van der Waals surface area contributed by atoms with E-state index in [2.05, 4.69) is 29.3 Å². The summed E-state index contributed by atoms with van der Waals surface area (Å²) >= 11 is 0. The lowest BCUT2D eigenvalue weighted by Gasteiger charge is -2.10. The van der Waals surface area contributed by atoms with Crippen LogP contribution in [0.5, 0.6) is 0 Å². The summed E-state index contributed by atoms with van der Waals surface area (Å²) in [6, 6.07) is 8.21. The molecule has 0 fully saturated rings. The van der Waals surface area contributed by atoms with Crippen LogP contribution in [0.15, 0.2) is 24.3 Å². The Morgan fingerprint density at radius 1 is 1.29 bits per heavy atom. The first-order chi connectivity index (χ1) is 8.09. The van der Waals surface area contributed by atoms with Gasteiger partial charge in [0.05, 0.1) is 0 Å². The van der Waals surface area contributed by atoms with Crippen molar-refractivity contribution in [1.82, 2.24) is 10.2 Å². The quantitative estimate of drug-likeness (QED) is 0.811. The molecule has 0 atom stereocenters. The van der Waals surface area contributed by atoms with Gasteiger partial charge in [-0.3, -0.25) is 4.79 Å². The monoisotopic (exact) mass is 234 g/mol. The molecule has 0 aliphatic heterocycles. The number of benzene rings is 1. The van der Waals surface area contributed by atoms with Gasteiger partial charge in [-0.25, -0.2) is 0 Å². The first-order valence-electron chi connectivity index (χ1n) is 6.05. The van der Waals surface area contributed by atoms with Crippen molar-refractivity contribution in [3.05, 3.63) is 35.4 Å². The third kappa shape index (κ3) is 5.50. The Labute approximate surface area is 104 Å². The molecule has 1 N–H and O–H groups in total. The number of carbonyl (C=O) groups excluding carboxylic acids is 1. The van der Waals surface area contributed by atoms with Gasteiger partial charge in [-0.1, -0.05) is 24.3 Å². The molecule has 1 rings (SSSR count). The van der Waals surface area contributed by atoms with E-state index in [1.54, 1.807) is 0 Å². The third-order valence-corrected chi connectivity index (χ3v) is 2.76. The first kappa shape index (κ1) is 13.7. The molecule has 0 heterocycles. The maximum absolute atomic E-state index is 11.6. The van der Waals surface area contributed by atoms with Gasteiger partial charge in [0.15, 0.2) is 0 Å². The van der Waals surface area contributed by atoms with Gasteiger partial charge in [0, 0.05) is 19.5 Å². The van der Waals surface area contributed by atoms with E-state index in [4.69, 9.17) is 0 Å². The van der Waals surface area contributed by atoms with Crippen LogP contribution in [-0.2, 0) is 11.2 Å². The van der Waals surface area contributed by atoms with E-state index in [1.807, 2.05) is 26.2 Å². The standard InChI is InChI=1S/C14H22N2O/c1-12-6-4-5-7-13(12)8-9-14(17)15-10-11-16(2)3/h4-7H,8-11H2,1-3H3,(H,15,17). The van der Waals surface area contributed by atoms with Crippen molar-refractivity contribution < 1.29 is 4.79 Å². The molecule has 1 aromatic carbocycles. The van der Waals surface area contributed by atoms with E-state index in [0.717, 1.165) is 19.5 Å². The van der Waals surface area contributed by atoms with E-state index < -0.39 is 0 Å². The van der Waals surface area contributed by atoms with Crippen molar-refractivity contribution >= 4 is 5.91 Å². The molecule has 0 aliphatic rings. The number of amides is 1. The predicted octanol–water partition coefficient (Wildman–Crippen LogP) is 1.61. The first-order valence-corrected chi connectivity index (χ1v) is 6.05. The lowest BCUT2D eigenvalue weighted by atomic mass is 10.0. The number of likely N-dealkylation sites (N-methyl/N-ethyl adjacent to an activating group) is 1. The summed E-state index contributed by atoms with van der Waals surface area (Å²) in [6.45, 7) is 3.69. The number of hydrogen-bond donors (Lipinski definition) is 1. The van der Waals surface area contributed by atoms with Crippen molar-refractivity contribution in [2.75, 3.05) is 27.2 Å². The van der Waals surface area contributed by atoms with Crippen molar-refractivity contribution in [3.63, 3.8) is 0 Å². The Morgan fingerprint density at radius 3 is 2.65 bits per heavy atom. The molecule has 0 spiro atoms. The molecule has 17 heavy (non-hydrogen) atoms. The molecule has 0 radical (unpaired) electrons. The van der Waals surface area contributed by atoms with Crippen LogP contribution in [0.3, 0.4) is 0 Å². The largest absolute Gasteiger partial charge is 0.355 e. The molecule has 94 valence electrons. The second kappa shape index (κ2) is 7.07. The van der Waals surface area contributed by atoms with Gasteiger partial charge >= 0.3 is 0 Å². The summed E-state index contributed by atoms with van der Waals surface area (Å²) < 4.78 is 0. The summed E-state index contributed by atoms with van der Waals surface area (Å²) in [5.41, 5.74) is 2.52. The molecule has 0 bridgehead atoms. The Hall–Kier alpha value is -1.35. The van der Waals surface area contributed by atoms with Crippen LogP contribution >= 0.6 is 0 Å². The molecular weight excluding hydrogens is 212 g/mol. The SMILES string of the molecule is Cc1ccccc1CCC(=O)NCCN(C)C. The van der Waals surface area contributed by atoms with Crippen LogP contribution in [0, 0.1) is 6.92 Å². The normalized spacial score (nSPS) is 10.6. The molecule has 0 saturated carbocycles. The van der Waals surface area contributed by atoms with E-state index >= 15 is 0 Å². The van der Waals surface area contributed by atoms with Crippen molar-refractivity contribution in [1.29, 1.82) is 0 Å².